The van der Waals surface area contributed by atoms with Crippen LogP contribution in [0.1, 0.15) is 5.56 Å². The second kappa shape index (κ2) is 6.58. The number of halogens is 1. The highest BCUT2D eigenvalue weighted by molar-refractivity contribution is 9.10. The fraction of sp³-hybridized carbons (Fsp3) is 0.308. The maximum absolute atomic E-state index is 5.77. The molecule has 102 valence electrons. The summed E-state index contributed by atoms with van der Waals surface area (Å²) in [7, 11) is 1.62. The standard InChI is InChI=1S/C13H16BrN3O2/c1-18-12-7-10(8-15)6-11(14)13(12)19-5-4-17-3-2-16-9-17/h2-3,6-7,9H,4-5,8,15H2,1H3. The fourth-order valence-corrected chi connectivity index (χ4v) is 2.31. The minimum absolute atomic E-state index is 0.463. The summed E-state index contributed by atoms with van der Waals surface area (Å²) in [5, 5.41) is 0. The topological polar surface area (TPSA) is 62.3 Å². The van der Waals surface area contributed by atoms with E-state index in [4.69, 9.17) is 15.2 Å². The van der Waals surface area contributed by atoms with Gasteiger partial charge in [0.15, 0.2) is 11.5 Å². The van der Waals surface area contributed by atoms with Crippen molar-refractivity contribution in [2.24, 2.45) is 5.73 Å². The highest BCUT2D eigenvalue weighted by Gasteiger charge is 2.11. The van der Waals surface area contributed by atoms with E-state index in [-0.39, 0.29) is 0 Å². The smallest absolute Gasteiger partial charge is 0.175 e. The van der Waals surface area contributed by atoms with E-state index in [0.29, 0.717) is 24.7 Å². The SMILES string of the molecule is COc1cc(CN)cc(Br)c1OCCn1ccnc1. The maximum Gasteiger partial charge on any atom is 0.175 e. The van der Waals surface area contributed by atoms with Crippen LogP contribution in [-0.4, -0.2) is 23.3 Å². The Balaban J connectivity index is 2.06. The van der Waals surface area contributed by atoms with Gasteiger partial charge in [-0.2, -0.15) is 0 Å². The number of rotatable bonds is 6. The third-order valence-electron chi connectivity index (χ3n) is 2.68. The quantitative estimate of drug-likeness (QED) is 0.884. The molecule has 0 aliphatic rings. The van der Waals surface area contributed by atoms with Gasteiger partial charge in [0.25, 0.3) is 0 Å². The molecule has 0 fully saturated rings. The van der Waals surface area contributed by atoms with E-state index in [1.54, 1.807) is 19.6 Å². The molecule has 0 saturated heterocycles. The molecule has 2 aromatic rings. The van der Waals surface area contributed by atoms with Gasteiger partial charge in [-0.05, 0) is 33.6 Å². The minimum Gasteiger partial charge on any atom is -0.493 e. The number of hydrogen-bond acceptors (Lipinski definition) is 4. The molecule has 6 heteroatoms. The van der Waals surface area contributed by atoms with Gasteiger partial charge in [0.2, 0.25) is 0 Å². The lowest BCUT2D eigenvalue weighted by Gasteiger charge is -2.14. The average Bonchev–Trinajstić information content (AvgIpc) is 2.93. The van der Waals surface area contributed by atoms with Crippen LogP contribution in [0.25, 0.3) is 0 Å². The van der Waals surface area contributed by atoms with Crippen LogP contribution in [-0.2, 0) is 13.1 Å². The third kappa shape index (κ3) is 3.48. The van der Waals surface area contributed by atoms with Gasteiger partial charge in [0.05, 0.1) is 24.5 Å². The Morgan fingerprint density at radius 2 is 2.26 bits per heavy atom. The van der Waals surface area contributed by atoms with Crippen molar-refractivity contribution >= 4 is 15.9 Å². The summed E-state index contributed by atoms with van der Waals surface area (Å²) >= 11 is 3.48. The molecule has 0 saturated carbocycles. The first-order chi connectivity index (χ1) is 9.24. The molecule has 1 aromatic heterocycles. The average molecular weight is 326 g/mol. The number of hydrogen-bond donors (Lipinski definition) is 1. The molecule has 0 spiro atoms. The van der Waals surface area contributed by atoms with Crippen molar-refractivity contribution in [3.8, 4) is 11.5 Å². The normalized spacial score (nSPS) is 10.5. The number of aromatic nitrogens is 2. The summed E-state index contributed by atoms with van der Waals surface area (Å²) in [5.41, 5.74) is 6.62. The number of ether oxygens (including phenoxy) is 2. The van der Waals surface area contributed by atoms with Gasteiger partial charge >= 0.3 is 0 Å². The maximum atomic E-state index is 5.77. The molecule has 0 aliphatic carbocycles. The van der Waals surface area contributed by atoms with Crippen LogP contribution in [0.5, 0.6) is 11.5 Å². The zero-order valence-electron chi connectivity index (χ0n) is 10.7. The van der Waals surface area contributed by atoms with Gasteiger partial charge in [0, 0.05) is 18.9 Å². The van der Waals surface area contributed by atoms with E-state index >= 15 is 0 Å². The molecule has 1 heterocycles. The molecule has 0 radical (unpaired) electrons. The first-order valence-corrected chi connectivity index (χ1v) is 6.69. The Labute approximate surface area is 120 Å². The third-order valence-corrected chi connectivity index (χ3v) is 3.27. The van der Waals surface area contributed by atoms with Crippen LogP contribution in [0.15, 0.2) is 35.3 Å². The van der Waals surface area contributed by atoms with Crippen molar-refractivity contribution in [2.45, 2.75) is 13.1 Å². The van der Waals surface area contributed by atoms with E-state index in [9.17, 15) is 0 Å². The summed E-state index contributed by atoms with van der Waals surface area (Å²) in [6, 6.07) is 3.83. The Morgan fingerprint density at radius 3 is 2.89 bits per heavy atom. The molecule has 0 unspecified atom stereocenters. The van der Waals surface area contributed by atoms with Crippen LogP contribution in [0.2, 0.25) is 0 Å². The lowest BCUT2D eigenvalue weighted by atomic mass is 10.2. The fourth-order valence-electron chi connectivity index (χ4n) is 1.70. The monoisotopic (exact) mass is 325 g/mol. The van der Waals surface area contributed by atoms with E-state index in [0.717, 1.165) is 16.6 Å². The number of nitrogens with zero attached hydrogens (tertiary/aromatic N) is 2. The van der Waals surface area contributed by atoms with Gasteiger partial charge in [-0.15, -0.1) is 0 Å². The van der Waals surface area contributed by atoms with Crippen LogP contribution in [0.4, 0.5) is 0 Å². The summed E-state index contributed by atoms with van der Waals surface area (Å²) in [5.74, 6) is 1.38. The highest BCUT2D eigenvalue weighted by atomic mass is 79.9. The van der Waals surface area contributed by atoms with Gasteiger partial charge in [-0.25, -0.2) is 4.98 Å². The number of nitrogens with two attached hydrogens (primary N) is 1. The van der Waals surface area contributed by atoms with Crippen molar-refractivity contribution in [1.82, 2.24) is 9.55 Å². The Hall–Kier alpha value is -1.53. The lowest BCUT2D eigenvalue weighted by Crippen LogP contribution is -2.08. The van der Waals surface area contributed by atoms with Crippen LogP contribution in [0.3, 0.4) is 0 Å². The molecule has 0 amide bonds. The minimum atomic E-state index is 0.463. The molecule has 2 rings (SSSR count). The summed E-state index contributed by atoms with van der Waals surface area (Å²) in [6.45, 7) is 1.73. The van der Waals surface area contributed by atoms with Crippen molar-refractivity contribution in [1.29, 1.82) is 0 Å². The first kappa shape index (κ1) is 13.9. The number of imidazole rings is 1. The Bertz CT molecular complexity index is 529. The zero-order chi connectivity index (χ0) is 13.7. The van der Waals surface area contributed by atoms with Crippen LogP contribution in [0, 0.1) is 0 Å². The van der Waals surface area contributed by atoms with Gasteiger partial charge < -0.3 is 19.8 Å². The highest BCUT2D eigenvalue weighted by Crippen LogP contribution is 2.36. The van der Waals surface area contributed by atoms with Crippen molar-refractivity contribution < 1.29 is 9.47 Å². The molecule has 2 N–H and O–H groups in total. The number of benzene rings is 1. The van der Waals surface area contributed by atoms with Gasteiger partial charge in [-0.1, -0.05) is 0 Å². The molecule has 19 heavy (non-hydrogen) atoms. The molecule has 5 nitrogen and oxygen atoms in total. The largest absolute Gasteiger partial charge is 0.493 e. The van der Waals surface area contributed by atoms with E-state index in [2.05, 4.69) is 20.9 Å². The number of methoxy groups -OCH3 is 1. The zero-order valence-corrected chi connectivity index (χ0v) is 12.3. The van der Waals surface area contributed by atoms with Crippen LogP contribution < -0.4 is 15.2 Å². The molecule has 0 aliphatic heterocycles. The Morgan fingerprint density at radius 1 is 1.42 bits per heavy atom. The second-order valence-electron chi connectivity index (χ2n) is 3.96. The summed E-state index contributed by atoms with van der Waals surface area (Å²) in [6.07, 6.45) is 5.40. The first-order valence-electron chi connectivity index (χ1n) is 5.89. The van der Waals surface area contributed by atoms with Gasteiger partial charge in [-0.3, -0.25) is 0 Å². The van der Waals surface area contributed by atoms with Crippen molar-refractivity contribution in [3.63, 3.8) is 0 Å². The molecular formula is C13H16BrN3O2. The second-order valence-corrected chi connectivity index (χ2v) is 4.82. The summed E-state index contributed by atoms with van der Waals surface area (Å²) < 4.78 is 13.9. The molecule has 0 atom stereocenters. The van der Waals surface area contributed by atoms with Crippen molar-refractivity contribution in [3.05, 3.63) is 40.9 Å². The van der Waals surface area contributed by atoms with E-state index in [1.807, 2.05) is 22.9 Å². The Kier molecular flexibility index (Phi) is 4.81. The predicted octanol–water partition coefficient (Wildman–Crippen LogP) is 2.19. The van der Waals surface area contributed by atoms with Crippen molar-refractivity contribution in [2.75, 3.05) is 13.7 Å². The molecular weight excluding hydrogens is 310 g/mol. The summed E-state index contributed by atoms with van der Waals surface area (Å²) in [4.78, 5) is 3.98. The molecule has 1 aromatic carbocycles. The molecule has 0 bridgehead atoms. The van der Waals surface area contributed by atoms with E-state index < -0.39 is 0 Å². The predicted molar refractivity (Wildman–Crippen MR) is 76.3 cm³/mol. The lowest BCUT2D eigenvalue weighted by molar-refractivity contribution is 0.278. The van der Waals surface area contributed by atoms with Crippen LogP contribution >= 0.6 is 15.9 Å². The van der Waals surface area contributed by atoms with Gasteiger partial charge in [0.1, 0.15) is 6.61 Å². The van der Waals surface area contributed by atoms with E-state index in [1.165, 1.54) is 0 Å².